The highest BCUT2D eigenvalue weighted by Gasteiger charge is 2.01. The van der Waals surface area contributed by atoms with Crippen molar-refractivity contribution in [2.75, 3.05) is 0 Å². The van der Waals surface area contributed by atoms with Gasteiger partial charge in [-0.3, -0.25) is 0 Å². The van der Waals surface area contributed by atoms with Gasteiger partial charge in [0.15, 0.2) is 0 Å². The lowest BCUT2D eigenvalue weighted by molar-refractivity contribution is 0.465. The summed E-state index contributed by atoms with van der Waals surface area (Å²) in [5, 5.41) is 1.71. The minimum atomic E-state index is 0.582. The number of aromatic nitrogens is 1. The number of rotatable bonds is 2. The first-order valence-electron chi connectivity index (χ1n) is 6.01. The summed E-state index contributed by atoms with van der Waals surface area (Å²) < 4.78 is 5.73. The molecule has 1 heterocycles. The Kier molecular flexibility index (Phi) is 3.10. The average molecular weight is 270 g/mol. The topological polar surface area (TPSA) is 22.1 Å². The van der Waals surface area contributed by atoms with Crippen molar-refractivity contribution in [1.29, 1.82) is 0 Å². The van der Waals surface area contributed by atoms with Crippen LogP contribution in [0.2, 0.25) is 5.02 Å². The van der Waals surface area contributed by atoms with E-state index in [0.717, 1.165) is 16.7 Å². The molecule has 0 saturated carbocycles. The molecule has 94 valence electrons. The highest BCUT2D eigenvalue weighted by molar-refractivity contribution is 6.31. The SMILES string of the molecule is Cc1ccc(Oc2ccc3cc(Cl)ccc3n2)cc1. The minimum absolute atomic E-state index is 0.582. The number of benzene rings is 2. The fraction of sp³-hybridized carbons (Fsp3) is 0.0625. The molecule has 0 atom stereocenters. The summed E-state index contributed by atoms with van der Waals surface area (Å²) in [6, 6.07) is 17.3. The lowest BCUT2D eigenvalue weighted by atomic mass is 10.2. The van der Waals surface area contributed by atoms with Gasteiger partial charge in [-0.05, 0) is 43.3 Å². The molecule has 0 aliphatic heterocycles. The lowest BCUT2D eigenvalue weighted by Gasteiger charge is -2.06. The maximum atomic E-state index is 5.94. The molecule has 0 spiro atoms. The average Bonchev–Trinajstić information content (AvgIpc) is 2.42. The summed E-state index contributed by atoms with van der Waals surface area (Å²) in [5.74, 6) is 1.37. The van der Waals surface area contributed by atoms with Crippen LogP contribution < -0.4 is 4.74 Å². The normalized spacial score (nSPS) is 10.6. The van der Waals surface area contributed by atoms with Crippen molar-refractivity contribution in [3.63, 3.8) is 0 Å². The standard InChI is InChI=1S/C16H12ClNO/c1-11-2-6-14(7-3-11)19-16-9-4-12-10-13(17)5-8-15(12)18-16/h2-10H,1H3. The highest BCUT2D eigenvalue weighted by atomic mass is 35.5. The van der Waals surface area contributed by atoms with E-state index in [1.807, 2.05) is 61.5 Å². The highest BCUT2D eigenvalue weighted by Crippen LogP contribution is 2.24. The van der Waals surface area contributed by atoms with Crippen LogP contribution in [0.5, 0.6) is 11.6 Å². The second-order valence-corrected chi connectivity index (χ2v) is 4.84. The summed E-state index contributed by atoms with van der Waals surface area (Å²) in [4.78, 5) is 4.45. The molecular weight excluding hydrogens is 258 g/mol. The van der Waals surface area contributed by atoms with Gasteiger partial charge < -0.3 is 4.74 Å². The number of ether oxygens (including phenoxy) is 1. The predicted molar refractivity (Wildman–Crippen MR) is 78.0 cm³/mol. The van der Waals surface area contributed by atoms with Crippen molar-refractivity contribution in [3.8, 4) is 11.6 Å². The van der Waals surface area contributed by atoms with E-state index in [9.17, 15) is 0 Å². The first-order chi connectivity index (χ1) is 9.20. The van der Waals surface area contributed by atoms with E-state index in [0.29, 0.717) is 10.9 Å². The molecule has 0 amide bonds. The molecule has 3 heteroatoms. The third-order valence-electron chi connectivity index (χ3n) is 2.87. The maximum Gasteiger partial charge on any atom is 0.219 e. The Morgan fingerprint density at radius 1 is 0.947 bits per heavy atom. The zero-order valence-electron chi connectivity index (χ0n) is 10.4. The van der Waals surface area contributed by atoms with Crippen LogP contribution >= 0.6 is 11.6 Å². The monoisotopic (exact) mass is 269 g/mol. The van der Waals surface area contributed by atoms with Crippen molar-refractivity contribution >= 4 is 22.5 Å². The van der Waals surface area contributed by atoms with Crippen LogP contribution in [0, 0.1) is 6.92 Å². The first kappa shape index (κ1) is 12.0. The summed E-state index contributed by atoms with van der Waals surface area (Å²) in [5.41, 5.74) is 2.07. The zero-order chi connectivity index (χ0) is 13.2. The van der Waals surface area contributed by atoms with Gasteiger partial charge in [-0.15, -0.1) is 0 Å². The minimum Gasteiger partial charge on any atom is -0.439 e. The molecule has 0 bridgehead atoms. The fourth-order valence-electron chi connectivity index (χ4n) is 1.86. The molecule has 1 aromatic heterocycles. The molecule has 3 aromatic rings. The Morgan fingerprint density at radius 3 is 2.53 bits per heavy atom. The van der Waals surface area contributed by atoms with Crippen LogP contribution in [-0.4, -0.2) is 4.98 Å². The Bertz CT molecular complexity index is 722. The number of halogens is 1. The van der Waals surface area contributed by atoms with Crippen molar-refractivity contribution in [3.05, 3.63) is 65.2 Å². The van der Waals surface area contributed by atoms with Gasteiger partial charge in [0, 0.05) is 16.5 Å². The van der Waals surface area contributed by atoms with Gasteiger partial charge in [0.05, 0.1) is 5.52 Å². The van der Waals surface area contributed by atoms with E-state index in [1.165, 1.54) is 5.56 Å². The fourth-order valence-corrected chi connectivity index (χ4v) is 2.04. The largest absolute Gasteiger partial charge is 0.439 e. The maximum absolute atomic E-state index is 5.94. The predicted octanol–water partition coefficient (Wildman–Crippen LogP) is 4.99. The quantitative estimate of drug-likeness (QED) is 0.654. The summed E-state index contributed by atoms with van der Waals surface area (Å²) in [6.07, 6.45) is 0. The Morgan fingerprint density at radius 2 is 1.74 bits per heavy atom. The van der Waals surface area contributed by atoms with E-state index < -0.39 is 0 Å². The van der Waals surface area contributed by atoms with Gasteiger partial charge in [0.2, 0.25) is 5.88 Å². The number of hydrogen-bond acceptors (Lipinski definition) is 2. The Balaban J connectivity index is 1.93. The van der Waals surface area contributed by atoms with E-state index >= 15 is 0 Å². The number of hydrogen-bond donors (Lipinski definition) is 0. The van der Waals surface area contributed by atoms with Gasteiger partial charge in [0.25, 0.3) is 0 Å². The van der Waals surface area contributed by atoms with E-state index in [2.05, 4.69) is 4.98 Å². The van der Waals surface area contributed by atoms with Crippen LogP contribution in [0.25, 0.3) is 10.9 Å². The second kappa shape index (κ2) is 4.90. The van der Waals surface area contributed by atoms with Gasteiger partial charge in [0.1, 0.15) is 5.75 Å². The Labute approximate surface area is 116 Å². The van der Waals surface area contributed by atoms with Crippen LogP contribution in [0.1, 0.15) is 5.56 Å². The molecule has 2 nitrogen and oxygen atoms in total. The van der Waals surface area contributed by atoms with Crippen LogP contribution in [-0.2, 0) is 0 Å². The van der Waals surface area contributed by atoms with Crippen molar-refractivity contribution in [2.24, 2.45) is 0 Å². The van der Waals surface area contributed by atoms with Crippen LogP contribution in [0.4, 0.5) is 0 Å². The molecule has 0 radical (unpaired) electrons. The molecule has 0 aliphatic carbocycles. The molecule has 0 fully saturated rings. The molecule has 19 heavy (non-hydrogen) atoms. The number of aryl methyl sites for hydroxylation is 1. The smallest absolute Gasteiger partial charge is 0.219 e. The summed E-state index contributed by atoms with van der Waals surface area (Å²) in [7, 11) is 0. The molecular formula is C16H12ClNO. The summed E-state index contributed by atoms with van der Waals surface area (Å²) >= 11 is 5.94. The molecule has 0 saturated heterocycles. The third kappa shape index (κ3) is 2.69. The van der Waals surface area contributed by atoms with Crippen LogP contribution in [0.15, 0.2) is 54.6 Å². The number of fused-ring (bicyclic) bond motifs is 1. The van der Waals surface area contributed by atoms with Crippen molar-refractivity contribution in [1.82, 2.24) is 4.98 Å². The number of nitrogens with zero attached hydrogens (tertiary/aromatic N) is 1. The molecule has 0 N–H and O–H groups in total. The van der Waals surface area contributed by atoms with Gasteiger partial charge >= 0.3 is 0 Å². The molecule has 0 aliphatic rings. The molecule has 0 unspecified atom stereocenters. The van der Waals surface area contributed by atoms with E-state index in [1.54, 1.807) is 0 Å². The lowest BCUT2D eigenvalue weighted by Crippen LogP contribution is -1.88. The van der Waals surface area contributed by atoms with Crippen LogP contribution in [0.3, 0.4) is 0 Å². The molecule has 2 aromatic carbocycles. The first-order valence-corrected chi connectivity index (χ1v) is 6.39. The van der Waals surface area contributed by atoms with Crippen molar-refractivity contribution < 1.29 is 4.74 Å². The van der Waals surface area contributed by atoms with E-state index in [-0.39, 0.29) is 0 Å². The van der Waals surface area contributed by atoms with Gasteiger partial charge in [-0.2, -0.15) is 0 Å². The Hall–Kier alpha value is -2.06. The zero-order valence-corrected chi connectivity index (χ0v) is 11.2. The number of pyridine rings is 1. The van der Waals surface area contributed by atoms with Gasteiger partial charge in [-0.25, -0.2) is 4.98 Å². The van der Waals surface area contributed by atoms with Gasteiger partial charge in [-0.1, -0.05) is 29.3 Å². The van der Waals surface area contributed by atoms with E-state index in [4.69, 9.17) is 16.3 Å². The van der Waals surface area contributed by atoms with Crippen molar-refractivity contribution in [2.45, 2.75) is 6.92 Å². The summed E-state index contributed by atoms with van der Waals surface area (Å²) in [6.45, 7) is 2.04. The molecule has 3 rings (SSSR count). The third-order valence-corrected chi connectivity index (χ3v) is 3.10. The second-order valence-electron chi connectivity index (χ2n) is 4.40.